The third-order valence-corrected chi connectivity index (χ3v) is 4.94. The van der Waals surface area contributed by atoms with Crippen LogP contribution < -0.4 is 10.6 Å². The van der Waals surface area contributed by atoms with E-state index in [0.29, 0.717) is 30.0 Å². The number of benzene rings is 1. The molecular weight excluding hydrogens is 368 g/mol. The number of furan rings is 1. The highest BCUT2D eigenvalue weighted by molar-refractivity contribution is 8.00. The molecule has 1 aromatic carbocycles. The molecule has 0 aliphatic carbocycles. The molecule has 1 heterocycles. The van der Waals surface area contributed by atoms with E-state index in [9.17, 15) is 14.4 Å². The van der Waals surface area contributed by atoms with Gasteiger partial charge in [0.05, 0.1) is 11.8 Å². The molecule has 0 radical (unpaired) electrons. The van der Waals surface area contributed by atoms with Crippen molar-refractivity contribution in [1.82, 2.24) is 10.6 Å². The van der Waals surface area contributed by atoms with Crippen LogP contribution in [0.4, 0.5) is 0 Å². The Morgan fingerprint density at radius 2 is 1.78 bits per heavy atom. The molecule has 2 aromatic rings. The second-order valence-electron chi connectivity index (χ2n) is 5.89. The highest BCUT2D eigenvalue weighted by atomic mass is 32.2. The number of thioether (sulfide) groups is 1. The van der Waals surface area contributed by atoms with Crippen LogP contribution in [0.2, 0.25) is 0 Å². The van der Waals surface area contributed by atoms with E-state index in [1.54, 1.807) is 44.2 Å². The van der Waals surface area contributed by atoms with E-state index in [2.05, 4.69) is 10.6 Å². The molecule has 2 rings (SSSR count). The van der Waals surface area contributed by atoms with Crippen molar-refractivity contribution in [2.45, 2.75) is 30.4 Å². The largest absolute Gasteiger partial charge is 0.480 e. The Labute approximate surface area is 161 Å². The normalized spacial score (nSPS) is 11.6. The van der Waals surface area contributed by atoms with E-state index in [1.165, 1.54) is 6.26 Å². The fourth-order valence-corrected chi connectivity index (χ4v) is 3.20. The van der Waals surface area contributed by atoms with Crippen LogP contribution in [0.25, 0.3) is 0 Å². The number of nitrogens with one attached hydrogen (secondary N) is 2. The Hall–Kier alpha value is -2.74. The van der Waals surface area contributed by atoms with Crippen molar-refractivity contribution in [1.29, 1.82) is 0 Å². The molecule has 0 saturated carbocycles. The standard InChI is InChI=1S/C19H22N2O5S/c1-12-8-11-26-16(12)18(23)21-10-5-9-20-17(22)14-6-3-4-7-15(14)27-13(2)19(24)25/h3-4,6-8,11,13H,5,9-10H2,1-2H3,(H,20,22)(H,21,23)(H,24,25). The van der Waals surface area contributed by atoms with Gasteiger partial charge >= 0.3 is 5.97 Å². The van der Waals surface area contributed by atoms with Crippen LogP contribution >= 0.6 is 11.8 Å². The maximum absolute atomic E-state index is 12.4. The summed E-state index contributed by atoms with van der Waals surface area (Å²) in [5.74, 6) is -1.20. The van der Waals surface area contributed by atoms with Crippen LogP contribution in [0, 0.1) is 6.92 Å². The molecule has 0 spiro atoms. The van der Waals surface area contributed by atoms with Gasteiger partial charge in [0, 0.05) is 23.5 Å². The third kappa shape index (κ3) is 5.89. The number of aliphatic carboxylic acids is 1. The van der Waals surface area contributed by atoms with Crippen molar-refractivity contribution in [3.63, 3.8) is 0 Å². The number of carbonyl (C=O) groups excluding carboxylic acids is 2. The van der Waals surface area contributed by atoms with Gasteiger partial charge in [0.1, 0.15) is 5.25 Å². The molecule has 0 fully saturated rings. The molecule has 1 aromatic heterocycles. The van der Waals surface area contributed by atoms with Crippen molar-refractivity contribution < 1.29 is 23.9 Å². The lowest BCUT2D eigenvalue weighted by atomic mass is 10.2. The lowest BCUT2D eigenvalue weighted by Gasteiger charge is -2.12. The van der Waals surface area contributed by atoms with E-state index >= 15 is 0 Å². The molecule has 0 aliphatic heterocycles. The van der Waals surface area contributed by atoms with Crippen LogP contribution in [0.1, 0.15) is 39.8 Å². The lowest BCUT2D eigenvalue weighted by molar-refractivity contribution is -0.136. The van der Waals surface area contributed by atoms with Gasteiger partial charge in [-0.3, -0.25) is 14.4 Å². The van der Waals surface area contributed by atoms with Gasteiger partial charge in [0.2, 0.25) is 0 Å². The highest BCUT2D eigenvalue weighted by Crippen LogP contribution is 2.26. The smallest absolute Gasteiger partial charge is 0.316 e. The zero-order valence-electron chi connectivity index (χ0n) is 15.2. The summed E-state index contributed by atoms with van der Waals surface area (Å²) in [6.45, 7) is 4.14. The van der Waals surface area contributed by atoms with Crippen molar-refractivity contribution in [2.75, 3.05) is 13.1 Å². The first kappa shape index (κ1) is 20.6. The topological polar surface area (TPSA) is 109 Å². The Balaban J connectivity index is 1.80. The first-order chi connectivity index (χ1) is 12.9. The van der Waals surface area contributed by atoms with Gasteiger partial charge in [0.15, 0.2) is 5.76 Å². The number of carboxylic acids is 1. The van der Waals surface area contributed by atoms with Gasteiger partial charge in [-0.15, -0.1) is 11.8 Å². The molecule has 0 bridgehead atoms. The van der Waals surface area contributed by atoms with Gasteiger partial charge < -0.3 is 20.2 Å². The summed E-state index contributed by atoms with van der Waals surface area (Å²) in [4.78, 5) is 35.9. The SMILES string of the molecule is Cc1ccoc1C(=O)NCCCNC(=O)c1ccccc1SC(C)C(=O)O. The van der Waals surface area contributed by atoms with Crippen LogP contribution in [-0.4, -0.2) is 41.2 Å². The molecule has 1 atom stereocenters. The summed E-state index contributed by atoms with van der Waals surface area (Å²) in [7, 11) is 0. The molecule has 7 nitrogen and oxygen atoms in total. The average Bonchev–Trinajstić information content (AvgIpc) is 3.07. The number of carbonyl (C=O) groups is 3. The zero-order chi connectivity index (χ0) is 19.8. The molecule has 0 aliphatic rings. The molecule has 144 valence electrons. The summed E-state index contributed by atoms with van der Waals surface area (Å²) >= 11 is 1.13. The second-order valence-corrected chi connectivity index (χ2v) is 7.28. The van der Waals surface area contributed by atoms with Crippen molar-refractivity contribution in [2.24, 2.45) is 0 Å². The van der Waals surface area contributed by atoms with E-state index in [0.717, 1.165) is 17.3 Å². The van der Waals surface area contributed by atoms with Crippen LogP contribution in [0.15, 0.2) is 45.9 Å². The van der Waals surface area contributed by atoms with Gasteiger partial charge in [-0.2, -0.15) is 0 Å². The molecule has 2 amide bonds. The first-order valence-corrected chi connectivity index (χ1v) is 9.37. The van der Waals surface area contributed by atoms with Gasteiger partial charge in [-0.25, -0.2) is 0 Å². The molecule has 3 N–H and O–H groups in total. The van der Waals surface area contributed by atoms with Crippen LogP contribution in [0.5, 0.6) is 0 Å². The van der Waals surface area contributed by atoms with E-state index in [1.807, 2.05) is 0 Å². The monoisotopic (exact) mass is 390 g/mol. The maximum Gasteiger partial charge on any atom is 0.316 e. The lowest BCUT2D eigenvalue weighted by Crippen LogP contribution is -2.30. The summed E-state index contributed by atoms with van der Waals surface area (Å²) < 4.78 is 5.11. The summed E-state index contributed by atoms with van der Waals surface area (Å²) in [5, 5.41) is 13.9. The number of hydrogen-bond donors (Lipinski definition) is 3. The first-order valence-electron chi connectivity index (χ1n) is 8.49. The molecule has 1 unspecified atom stereocenters. The molecule has 27 heavy (non-hydrogen) atoms. The minimum Gasteiger partial charge on any atom is -0.480 e. The zero-order valence-corrected chi connectivity index (χ0v) is 16.0. The van der Waals surface area contributed by atoms with Gasteiger partial charge in [-0.1, -0.05) is 12.1 Å². The minimum atomic E-state index is -0.933. The van der Waals surface area contributed by atoms with Gasteiger partial charge in [0.25, 0.3) is 11.8 Å². The van der Waals surface area contributed by atoms with Gasteiger partial charge in [-0.05, 0) is 38.5 Å². The van der Waals surface area contributed by atoms with Crippen molar-refractivity contribution >= 4 is 29.5 Å². The Morgan fingerprint density at radius 3 is 2.41 bits per heavy atom. The van der Waals surface area contributed by atoms with Crippen LogP contribution in [-0.2, 0) is 4.79 Å². The predicted octanol–water partition coefficient (Wildman–Crippen LogP) is 2.70. The number of aryl methyl sites for hydroxylation is 1. The summed E-state index contributed by atoms with van der Waals surface area (Å²) in [6.07, 6.45) is 2.02. The second kappa shape index (κ2) is 9.82. The third-order valence-electron chi connectivity index (χ3n) is 3.78. The van der Waals surface area contributed by atoms with Crippen molar-refractivity contribution in [3.05, 3.63) is 53.5 Å². The maximum atomic E-state index is 12.4. The molecule has 0 saturated heterocycles. The molecule has 8 heteroatoms. The number of hydrogen-bond acceptors (Lipinski definition) is 5. The Morgan fingerprint density at radius 1 is 1.11 bits per heavy atom. The fourth-order valence-electron chi connectivity index (χ4n) is 2.27. The van der Waals surface area contributed by atoms with E-state index in [4.69, 9.17) is 9.52 Å². The Kier molecular flexibility index (Phi) is 7.48. The van der Waals surface area contributed by atoms with E-state index in [-0.39, 0.29) is 17.6 Å². The average molecular weight is 390 g/mol. The Bertz CT molecular complexity index is 818. The number of carboxylic acid groups (broad SMARTS) is 1. The van der Waals surface area contributed by atoms with E-state index < -0.39 is 11.2 Å². The van der Waals surface area contributed by atoms with Crippen LogP contribution in [0.3, 0.4) is 0 Å². The number of amides is 2. The fraction of sp³-hybridized carbons (Fsp3) is 0.316. The van der Waals surface area contributed by atoms with Crippen molar-refractivity contribution in [3.8, 4) is 0 Å². The summed E-state index contributed by atoms with van der Waals surface area (Å²) in [5.41, 5.74) is 1.20. The number of rotatable bonds is 9. The predicted molar refractivity (Wildman–Crippen MR) is 102 cm³/mol. The highest BCUT2D eigenvalue weighted by Gasteiger charge is 2.17. The summed E-state index contributed by atoms with van der Waals surface area (Å²) in [6, 6.07) is 8.60. The quantitative estimate of drug-likeness (QED) is 0.449. The minimum absolute atomic E-state index is 0.274. The molecular formula is C19H22N2O5S.